The second-order valence-electron chi connectivity index (χ2n) is 6.50. The van der Waals surface area contributed by atoms with Gasteiger partial charge in [0.05, 0.1) is 5.92 Å². The van der Waals surface area contributed by atoms with Gasteiger partial charge in [-0.15, -0.1) is 0 Å². The summed E-state index contributed by atoms with van der Waals surface area (Å²) in [5, 5.41) is 0. The largest absolute Gasteiger partial charge is 0.441 e. The zero-order valence-corrected chi connectivity index (χ0v) is 13.9. The molecule has 0 saturated carbocycles. The van der Waals surface area contributed by atoms with E-state index >= 15 is 0 Å². The van der Waals surface area contributed by atoms with E-state index in [2.05, 4.69) is 4.98 Å². The minimum absolute atomic E-state index is 0.0737. The summed E-state index contributed by atoms with van der Waals surface area (Å²) in [6.45, 7) is 2.47. The van der Waals surface area contributed by atoms with Crippen molar-refractivity contribution in [1.82, 2.24) is 9.88 Å². The number of nitrogens with zero attached hydrogens (tertiary/aromatic N) is 2. The summed E-state index contributed by atoms with van der Waals surface area (Å²) < 4.78 is 5.67. The predicted octanol–water partition coefficient (Wildman–Crippen LogP) is 2.26. The fraction of sp³-hybridized carbons (Fsp3) is 0.500. The molecule has 0 aliphatic carbocycles. The highest BCUT2D eigenvalue weighted by atomic mass is 16.3. The normalized spacial score (nSPS) is 21.1. The number of carbonyl (C=O) groups is 2. The number of amides is 2. The molecule has 0 unspecified atom stereocenters. The molecule has 1 fully saturated rings. The fourth-order valence-corrected chi connectivity index (χ4v) is 3.25. The maximum Gasteiger partial charge on any atom is 0.222 e. The van der Waals surface area contributed by atoms with Gasteiger partial charge < -0.3 is 15.1 Å². The number of para-hydroxylation sites is 2. The van der Waals surface area contributed by atoms with Crippen LogP contribution in [0.2, 0.25) is 0 Å². The van der Waals surface area contributed by atoms with Gasteiger partial charge in [-0.05, 0) is 38.3 Å². The van der Waals surface area contributed by atoms with Crippen molar-refractivity contribution in [2.75, 3.05) is 6.54 Å². The van der Waals surface area contributed by atoms with Crippen LogP contribution in [0.25, 0.3) is 11.1 Å². The molecule has 2 atom stereocenters. The third-order valence-electron chi connectivity index (χ3n) is 4.72. The van der Waals surface area contributed by atoms with E-state index in [0.29, 0.717) is 31.7 Å². The van der Waals surface area contributed by atoms with Gasteiger partial charge in [-0.2, -0.15) is 0 Å². The number of hydrogen-bond donors (Lipinski definition) is 1. The van der Waals surface area contributed by atoms with Crippen LogP contribution in [0.5, 0.6) is 0 Å². The molecule has 2 heterocycles. The first-order chi connectivity index (χ1) is 11.5. The Morgan fingerprint density at radius 1 is 1.33 bits per heavy atom. The Morgan fingerprint density at radius 3 is 2.88 bits per heavy atom. The molecule has 3 rings (SSSR count). The number of hydrogen-bond acceptors (Lipinski definition) is 4. The lowest BCUT2D eigenvalue weighted by atomic mass is 9.92. The molecule has 1 aliphatic rings. The molecule has 1 aliphatic heterocycles. The third-order valence-corrected chi connectivity index (χ3v) is 4.72. The quantitative estimate of drug-likeness (QED) is 0.911. The molecule has 2 amide bonds. The first kappa shape index (κ1) is 16.5. The number of nitrogens with two attached hydrogens (primary N) is 1. The molecule has 2 N–H and O–H groups in total. The monoisotopic (exact) mass is 329 g/mol. The summed E-state index contributed by atoms with van der Waals surface area (Å²) >= 11 is 0. The molecule has 6 nitrogen and oxygen atoms in total. The van der Waals surface area contributed by atoms with Gasteiger partial charge in [0.1, 0.15) is 5.52 Å². The summed E-state index contributed by atoms with van der Waals surface area (Å²) in [6, 6.07) is 7.79. The highest BCUT2D eigenvalue weighted by molar-refractivity contribution is 5.80. The number of rotatable bonds is 5. The van der Waals surface area contributed by atoms with E-state index in [1.165, 1.54) is 0 Å². The van der Waals surface area contributed by atoms with E-state index in [0.717, 1.165) is 23.9 Å². The highest BCUT2D eigenvalue weighted by Gasteiger charge is 2.31. The molecule has 24 heavy (non-hydrogen) atoms. The van der Waals surface area contributed by atoms with Crippen molar-refractivity contribution in [2.24, 2.45) is 11.7 Å². The van der Waals surface area contributed by atoms with Crippen LogP contribution < -0.4 is 5.73 Å². The molecule has 2 aromatic rings. The van der Waals surface area contributed by atoms with Crippen molar-refractivity contribution < 1.29 is 14.0 Å². The zero-order chi connectivity index (χ0) is 17.1. The predicted molar refractivity (Wildman–Crippen MR) is 90.0 cm³/mol. The minimum atomic E-state index is -0.314. The number of fused-ring (bicyclic) bond motifs is 1. The fourth-order valence-electron chi connectivity index (χ4n) is 3.25. The van der Waals surface area contributed by atoms with Crippen molar-refractivity contribution in [3.8, 4) is 0 Å². The van der Waals surface area contributed by atoms with Gasteiger partial charge in [0.25, 0.3) is 0 Å². The Balaban J connectivity index is 1.53. The van der Waals surface area contributed by atoms with E-state index in [-0.39, 0.29) is 23.8 Å². The van der Waals surface area contributed by atoms with Gasteiger partial charge in [-0.3, -0.25) is 9.59 Å². The summed E-state index contributed by atoms with van der Waals surface area (Å²) in [7, 11) is 0. The summed E-state index contributed by atoms with van der Waals surface area (Å²) in [5.41, 5.74) is 7.00. The first-order valence-electron chi connectivity index (χ1n) is 8.48. The van der Waals surface area contributed by atoms with Crippen molar-refractivity contribution >= 4 is 22.9 Å². The minimum Gasteiger partial charge on any atom is -0.441 e. The Hall–Kier alpha value is -2.37. The lowest BCUT2D eigenvalue weighted by molar-refractivity contribution is -0.137. The molecule has 128 valence electrons. The molecule has 0 radical (unpaired) electrons. The first-order valence-corrected chi connectivity index (χ1v) is 8.48. The standard InChI is InChI=1S/C18H23N3O3/c1-12-9-10-13(18(19)23)11-21(12)17(22)8-4-7-16-20-14-5-2-3-6-15(14)24-16/h2-3,5-6,12-13H,4,7-11H2,1H3,(H2,19,23)/t12-,13+/m1/s1. The summed E-state index contributed by atoms with van der Waals surface area (Å²) in [4.78, 5) is 30.1. The van der Waals surface area contributed by atoms with Crippen LogP contribution in [0, 0.1) is 5.92 Å². The van der Waals surface area contributed by atoms with E-state index in [9.17, 15) is 9.59 Å². The topological polar surface area (TPSA) is 89.4 Å². The number of aryl methyl sites for hydroxylation is 1. The van der Waals surface area contributed by atoms with Crippen LogP contribution >= 0.6 is 0 Å². The third kappa shape index (κ3) is 3.58. The van der Waals surface area contributed by atoms with Crippen LogP contribution in [0.15, 0.2) is 28.7 Å². The smallest absolute Gasteiger partial charge is 0.222 e. The molecule has 1 saturated heterocycles. The highest BCUT2D eigenvalue weighted by Crippen LogP contribution is 2.23. The zero-order valence-electron chi connectivity index (χ0n) is 13.9. The number of aromatic nitrogens is 1. The maximum atomic E-state index is 12.5. The van der Waals surface area contributed by atoms with Crippen LogP contribution in [-0.4, -0.2) is 34.3 Å². The van der Waals surface area contributed by atoms with Gasteiger partial charge in [-0.1, -0.05) is 12.1 Å². The second-order valence-corrected chi connectivity index (χ2v) is 6.50. The number of carbonyl (C=O) groups excluding carboxylic acids is 2. The van der Waals surface area contributed by atoms with Crippen molar-refractivity contribution in [3.63, 3.8) is 0 Å². The van der Waals surface area contributed by atoms with Crippen LogP contribution in [-0.2, 0) is 16.0 Å². The average molecular weight is 329 g/mol. The second kappa shape index (κ2) is 7.03. The van der Waals surface area contributed by atoms with Crippen molar-refractivity contribution in [1.29, 1.82) is 0 Å². The Kier molecular flexibility index (Phi) is 4.83. The Bertz CT molecular complexity index is 707. The average Bonchev–Trinajstić information content (AvgIpc) is 2.97. The summed E-state index contributed by atoms with van der Waals surface area (Å²) in [6.07, 6.45) is 3.32. The summed E-state index contributed by atoms with van der Waals surface area (Å²) in [5.74, 6) is 0.198. The molecular weight excluding hydrogens is 306 g/mol. The van der Waals surface area contributed by atoms with Crippen molar-refractivity contribution in [2.45, 2.75) is 45.1 Å². The lowest BCUT2D eigenvalue weighted by Gasteiger charge is -2.37. The molecule has 6 heteroatoms. The number of piperidine rings is 1. The Labute approximate surface area is 141 Å². The number of benzene rings is 1. The SMILES string of the molecule is C[C@@H]1CC[C@H](C(N)=O)CN1C(=O)CCCc1nc2ccccc2o1. The van der Waals surface area contributed by atoms with Crippen LogP contribution in [0.3, 0.4) is 0 Å². The van der Waals surface area contributed by atoms with Gasteiger partial charge >= 0.3 is 0 Å². The van der Waals surface area contributed by atoms with Gasteiger partial charge in [0.2, 0.25) is 11.8 Å². The molecule has 1 aromatic carbocycles. The number of oxazole rings is 1. The Morgan fingerprint density at radius 2 is 2.12 bits per heavy atom. The van der Waals surface area contributed by atoms with Crippen molar-refractivity contribution in [3.05, 3.63) is 30.2 Å². The van der Waals surface area contributed by atoms with E-state index in [4.69, 9.17) is 10.2 Å². The number of likely N-dealkylation sites (tertiary alicyclic amines) is 1. The molecule has 0 spiro atoms. The number of primary amides is 1. The maximum absolute atomic E-state index is 12.5. The van der Waals surface area contributed by atoms with Gasteiger partial charge in [0, 0.05) is 25.4 Å². The van der Waals surface area contributed by atoms with E-state index in [1.54, 1.807) is 4.90 Å². The van der Waals surface area contributed by atoms with E-state index < -0.39 is 0 Å². The lowest BCUT2D eigenvalue weighted by Crippen LogP contribution is -2.48. The van der Waals surface area contributed by atoms with Gasteiger partial charge in [0.15, 0.2) is 11.5 Å². The molecule has 1 aromatic heterocycles. The van der Waals surface area contributed by atoms with E-state index in [1.807, 2.05) is 31.2 Å². The van der Waals surface area contributed by atoms with Gasteiger partial charge in [-0.25, -0.2) is 4.98 Å². The van der Waals surface area contributed by atoms with Crippen LogP contribution in [0.4, 0.5) is 0 Å². The van der Waals surface area contributed by atoms with Crippen LogP contribution in [0.1, 0.15) is 38.5 Å². The molecule has 0 bridgehead atoms. The molecular formula is C18H23N3O3.